The number of para-hydroxylation sites is 2. The van der Waals surface area contributed by atoms with E-state index >= 15 is 0 Å². The molecule has 0 saturated carbocycles. The fourth-order valence-electron chi connectivity index (χ4n) is 2.94. The number of amides is 1. The highest BCUT2D eigenvalue weighted by Gasteiger charge is 2.20. The number of hydrogen-bond acceptors (Lipinski definition) is 3. The highest BCUT2D eigenvalue weighted by molar-refractivity contribution is 5.94. The summed E-state index contributed by atoms with van der Waals surface area (Å²) in [4.78, 5) is 24.7. The van der Waals surface area contributed by atoms with E-state index in [0.717, 1.165) is 22.4 Å². The van der Waals surface area contributed by atoms with Crippen LogP contribution in [0.3, 0.4) is 0 Å². The van der Waals surface area contributed by atoms with Crippen LogP contribution in [-0.4, -0.2) is 20.9 Å². The molecular weight excluding hydrogens is 324 g/mol. The van der Waals surface area contributed by atoms with Gasteiger partial charge < -0.3 is 10.3 Å². The zero-order valence-corrected chi connectivity index (χ0v) is 14.1. The monoisotopic (exact) mass is 342 g/mol. The molecule has 1 amide bonds. The summed E-state index contributed by atoms with van der Waals surface area (Å²) in [7, 11) is 0. The van der Waals surface area contributed by atoms with E-state index in [0.29, 0.717) is 12.0 Å². The lowest BCUT2D eigenvalue weighted by Crippen LogP contribution is -2.30. The molecule has 0 aliphatic carbocycles. The normalized spacial score (nSPS) is 12.0. The van der Waals surface area contributed by atoms with Gasteiger partial charge in [-0.15, -0.1) is 0 Å². The molecule has 128 valence electrons. The number of aromatic amines is 1. The predicted molar refractivity (Wildman–Crippen MR) is 101 cm³/mol. The molecule has 2 aromatic carbocycles. The number of hydrogen-bond donors (Lipinski definition) is 2. The van der Waals surface area contributed by atoms with Crippen LogP contribution in [0.25, 0.3) is 11.0 Å². The molecule has 0 radical (unpaired) electrons. The minimum absolute atomic E-state index is 0.167. The fraction of sp³-hybridized carbons (Fsp3) is 0.0952. The van der Waals surface area contributed by atoms with Crippen LogP contribution in [0.4, 0.5) is 0 Å². The SMILES string of the molecule is O=C(NC(Cc1ccccc1)c1nc2ccccc2[nH]1)c1cccnc1. The first-order valence-corrected chi connectivity index (χ1v) is 8.49. The van der Waals surface area contributed by atoms with Gasteiger partial charge in [0.25, 0.3) is 5.91 Å². The number of H-pyrrole nitrogens is 1. The molecule has 4 rings (SSSR count). The third-order valence-electron chi connectivity index (χ3n) is 4.25. The maximum Gasteiger partial charge on any atom is 0.253 e. The van der Waals surface area contributed by atoms with Crippen molar-refractivity contribution in [1.82, 2.24) is 20.3 Å². The van der Waals surface area contributed by atoms with Gasteiger partial charge in [0, 0.05) is 12.4 Å². The van der Waals surface area contributed by atoms with Gasteiger partial charge in [0.05, 0.1) is 22.6 Å². The summed E-state index contributed by atoms with van der Waals surface area (Å²) in [5.41, 5.74) is 3.50. The average molecular weight is 342 g/mol. The Balaban J connectivity index is 1.65. The molecule has 5 nitrogen and oxygen atoms in total. The largest absolute Gasteiger partial charge is 0.342 e. The van der Waals surface area contributed by atoms with Gasteiger partial charge in [-0.3, -0.25) is 9.78 Å². The van der Waals surface area contributed by atoms with Crippen molar-refractivity contribution in [2.45, 2.75) is 12.5 Å². The summed E-state index contributed by atoms with van der Waals surface area (Å²) in [5.74, 6) is 0.576. The lowest BCUT2D eigenvalue weighted by Gasteiger charge is -2.17. The van der Waals surface area contributed by atoms with Gasteiger partial charge in [-0.1, -0.05) is 42.5 Å². The third-order valence-corrected chi connectivity index (χ3v) is 4.25. The molecule has 0 aliphatic rings. The van der Waals surface area contributed by atoms with Gasteiger partial charge >= 0.3 is 0 Å². The second-order valence-electron chi connectivity index (χ2n) is 6.10. The molecular formula is C21H18N4O. The van der Waals surface area contributed by atoms with Crippen LogP contribution in [-0.2, 0) is 6.42 Å². The van der Waals surface area contributed by atoms with Crippen molar-refractivity contribution in [2.75, 3.05) is 0 Å². The number of nitrogens with one attached hydrogen (secondary N) is 2. The van der Waals surface area contributed by atoms with Crippen LogP contribution >= 0.6 is 0 Å². The Bertz CT molecular complexity index is 979. The van der Waals surface area contributed by atoms with E-state index in [4.69, 9.17) is 0 Å². The van der Waals surface area contributed by atoms with Crippen LogP contribution in [0.5, 0.6) is 0 Å². The number of benzene rings is 2. The Hall–Kier alpha value is -3.47. The molecule has 0 spiro atoms. The lowest BCUT2D eigenvalue weighted by molar-refractivity contribution is 0.0934. The quantitative estimate of drug-likeness (QED) is 0.581. The maximum absolute atomic E-state index is 12.6. The number of aromatic nitrogens is 3. The summed E-state index contributed by atoms with van der Waals surface area (Å²) >= 11 is 0. The second kappa shape index (κ2) is 7.19. The Labute approximate surface area is 151 Å². The zero-order chi connectivity index (χ0) is 17.8. The van der Waals surface area contributed by atoms with Gasteiger partial charge in [0.2, 0.25) is 0 Å². The van der Waals surface area contributed by atoms with Crippen LogP contribution in [0.1, 0.15) is 27.8 Å². The number of rotatable bonds is 5. The first kappa shape index (κ1) is 16.0. The molecule has 2 heterocycles. The molecule has 2 aromatic heterocycles. The van der Waals surface area contributed by atoms with Gasteiger partial charge in [-0.25, -0.2) is 4.98 Å². The lowest BCUT2D eigenvalue weighted by atomic mass is 10.0. The number of nitrogens with zero attached hydrogens (tertiary/aromatic N) is 2. The van der Waals surface area contributed by atoms with Crippen LogP contribution < -0.4 is 5.32 Å². The summed E-state index contributed by atoms with van der Waals surface area (Å²) in [5, 5.41) is 3.09. The average Bonchev–Trinajstić information content (AvgIpc) is 3.13. The summed E-state index contributed by atoms with van der Waals surface area (Å²) in [6, 6.07) is 21.2. The number of fused-ring (bicyclic) bond motifs is 1. The maximum atomic E-state index is 12.6. The Kier molecular flexibility index (Phi) is 4.43. The van der Waals surface area contributed by atoms with Gasteiger partial charge in [0.1, 0.15) is 5.82 Å². The van der Waals surface area contributed by atoms with Crippen LogP contribution in [0.15, 0.2) is 79.1 Å². The first-order valence-electron chi connectivity index (χ1n) is 8.49. The fourth-order valence-corrected chi connectivity index (χ4v) is 2.94. The minimum atomic E-state index is -0.266. The van der Waals surface area contributed by atoms with E-state index in [1.54, 1.807) is 24.5 Å². The molecule has 1 unspecified atom stereocenters. The van der Waals surface area contributed by atoms with E-state index in [1.807, 2.05) is 54.6 Å². The highest BCUT2D eigenvalue weighted by atomic mass is 16.1. The molecule has 4 aromatic rings. The third kappa shape index (κ3) is 3.47. The Morgan fingerprint density at radius 3 is 2.58 bits per heavy atom. The molecule has 5 heteroatoms. The van der Waals surface area contributed by atoms with E-state index in [9.17, 15) is 4.79 Å². The number of carbonyl (C=O) groups is 1. The number of carbonyl (C=O) groups excluding carboxylic acids is 1. The molecule has 2 N–H and O–H groups in total. The van der Waals surface area contributed by atoms with Crippen molar-refractivity contribution in [3.05, 3.63) is 96.1 Å². The predicted octanol–water partition coefficient (Wildman–Crippen LogP) is 3.67. The van der Waals surface area contributed by atoms with Crippen molar-refractivity contribution in [1.29, 1.82) is 0 Å². The molecule has 0 aliphatic heterocycles. The van der Waals surface area contributed by atoms with E-state index < -0.39 is 0 Å². The summed E-state index contributed by atoms with van der Waals surface area (Å²) in [6.07, 6.45) is 3.86. The van der Waals surface area contributed by atoms with Crippen molar-refractivity contribution >= 4 is 16.9 Å². The Morgan fingerprint density at radius 1 is 1.00 bits per heavy atom. The van der Waals surface area contributed by atoms with E-state index in [-0.39, 0.29) is 11.9 Å². The van der Waals surface area contributed by atoms with Crippen molar-refractivity contribution in [3.63, 3.8) is 0 Å². The van der Waals surface area contributed by atoms with Crippen LogP contribution in [0, 0.1) is 0 Å². The molecule has 0 bridgehead atoms. The van der Waals surface area contributed by atoms with E-state index in [2.05, 4.69) is 20.3 Å². The van der Waals surface area contributed by atoms with Gasteiger partial charge in [0.15, 0.2) is 0 Å². The first-order chi connectivity index (χ1) is 12.8. The van der Waals surface area contributed by atoms with Crippen molar-refractivity contribution in [2.24, 2.45) is 0 Å². The topological polar surface area (TPSA) is 70.7 Å². The van der Waals surface area contributed by atoms with Crippen LogP contribution in [0.2, 0.25) is 0 Å². The number of imidazole rings is 1. The zero-order valence-electron chi connectivity index (χ0n) is 14.1. The molecule has 1 atom stereocenters. The van der Waals surface area contributed by atoms with Crippen molar-refractivity contribution < 1.29 is 4.79 Å². The summed E-state index contributed by atoms with van der Waals surface area (Å²) in [6.45, 7) is 0. The Morgan fingerprint density at radius 2 is 1.81 bits per heavy atom. The number of pyridine rings is 1. The smallest absolute Gasteiger partial charge is 0.253 e. The second-order valence-corrected chi connectivity index (χ2v) is 6.10. The van der Waals surface area contributed by atoms with E-state index in [1.165, 1.54) is 0 Å². The highest BCUT2D eigenvalue weighted by Crippen LogP contribution is 2.20. The van der Waals surface area contributed by atoms with Gasteiger partial charge in [-0.05, 0) is 36.2 Å². The molecule has 0 fully saturated rings. The summed E-state index contributed by atoms with van der Waals surface area (Å²) < 4.78 is 0. The molecule has 26 heavy (non-hydrogen) atoms. The standard InChI is InChI=1S/C21H18N4O/c26-21(16-9-6-12-22-14-16)25-19(13-15-7-2-1-3-8-15)20-23-17-10-4-5-11-18(17)24-20/h1-12,14,19H,13H2,(H,23,24)(H,25,26). The molecule has 0 saturated heterocycles. The van der Waals surface area contributed by atoms with Gasteiger partial charge in [-0.2, -0.15) is 0 Å². The minimum Gasteiger partial charge on any atom is -0.342 e. The van der Waals surface area contributed by atoms with Crippen molar-refractivity contribution in [3.8, 4) is 0 Å².